The minimum absolute atomic E-state index is 0.682. The molecule has 1 N–H and O–H groups in total. The van der Waals surface area contributed by atoms with Gasteiger partial charge in [0.05, 0.1) is 0 Å². The summed E-state index contributed by atoms with van der Waals surface area (Å²) in [6, 6.07) is 9.53. The number of hydrogen-bond donors (Lipinski definition) is 1. The average molecular weight is 263 g/mol. The standard InChI is InChI=1S/C16H25NS/c1-3-13-5-4-6-14(8-7-13)17-15-9-11-16(18-2)12-10-15/h9-14,17H,3-8H2,1-2H3. The highest BCUT2D eigenvalue weighted by atomic mass is 32.2. The van der Waals surface area contributed by atoms with Gasteiger partial charge in [-0.25, -0.2) is 0 Å². The summed E-state index contributed by atoms with van der Waals surface area (Å²) in [4.78, 5) is 1.34. The molecule has 1 aromatic rings. The predicted octanol–water partition coefficient (Wildman–Crippen LogP) is 5.18. The van der Waals surface area contributed by atoms with Crippen LogP contribution in [0.15, 0.2) is 29.2 Å². The maximum Gasteiger partial charge on any atom is 0.0343 e. The van der Waals surface area contributed by atoms with E-state index in [9.17, 15) is 0 Å². The lowest BCUT2D eigenvalue weighted by atomic mass is 9.98. The molecule has 1 fully saturated rings. The topological polar surface area (TPSA) is 12.0 Å². The molecule has 2 unspecified atom stereocenters. The Hall–Kier alpha value is -0.630. The molecule has 2 rings (SSSR count). The number of nitrogens with one attached hydrogen (secondary N) is 1. The van der Waals surface area contributed by atoms with E-state index in [1.165, 1.54) is 49.1 Å². The smallest absolute Gasteiger partial charge is 0.0343 e. The molecule has 0 spiro atoms. The molecular formula is C16H25NS. The van der Waals surface area contributed by atoms with Crippen molar-refractivity contribution in [3.8, 4) is 0 Å². The summed E-state index contributed by atoms with van der Waals surface area (Å²) in [6.07, 6.45) is 10.4. The zero-order chi connectivity index (χ0) is 12.8. The Balaban J connectivity index is 1.88. The summed E-state index contributed by atoms with van der Waals surface area (Å²) < 4.78 is 0. The molecular weight excluding hydrogens is 238 g/mol. The fourth-order valence-electron chi connectivity index (χ4n) is 2.85. The van der Waals surface area contributed by atoms with Gasteiger partial charge in [0.2, 0.25) is 0 Å². The fourth-order valence-corrected chi connectivity index (χ4v) is 3.26. The van der Waals surface area contributed by atoms with Crippen molar-refractivity contribution in [3.05, 3.63) is 24.3 Å². The summed E-state index contributed by atoms with van der Waals surface area (Å²) in [5.41, 5.74) is 1.28. The molecule has 1 saturated carbocycles. The Morgan fingerprint density at radius 3 is 2.56 bits per heavy atom. The van der Waals surface area contributed by atoms with E-state index in [0.717, 1.165) is 5.92 Å². The van der Waals surface area contributed by atoms with Crippen LogP contribution in [0, 0.1) is 5.92 Å². The van der Waals surface area contributed by atoms with Crippen molar-refractivity contribution in [2.24, 2.45) is 5.92 Å². The van der Waals surface area contributed by atoms with E-state index in [-0.39, 0.29) is 0 Å². The predicted molar refractivity (Wildman–Crippen MR) is 82.5 cm³/mol. The van der Waals surface area contributed by atoms with Crippen molar-refractivity contribution in [3.63, 3.8) is 0 Å². The van der Waals surface area contributed by atoms with E-state index in [2.05, 4.69) is 42.8 Å². The molecule has 2 heteroatoms. The van der Waals surface area contributed by atoms with Gasteiger partial charge in [0.1, 0.15) is 0 Å². The zero-order valence-electron chi connectivity index (χ0n) is 11.6. The molecule has 0 aliphatic heterocycles. The van der Waals surface area contributed by atoms with Crippen LogP contribution in [0.5, 0.6) is 0 Å². The van der Waals surface area contributed by atoms with Gasteiger partial charge >= 0.3 is 0 Å². The first-order valence-electron chi connectivity index (χ1n) is 7.22. The minimum atomic E-state index is 0.682. The van der Waals surface area contributed by atoms with Crippen LogP contribution in [0.1, 0.15) is 45.4 Å². The van der Waals surface area contributed by atoms with E-state index in [1.54, 1.807) is 11.8 Å². The number of anilines is 1. The molecule has 0 radical (unpaired) electrons. The molecule has 1 nitrogen and oxygen atoms in total. The van der Waals surface area contributed by atoms with E-state index in [4.69, 9.17) is 0 Å². The van der Waals surface area contributed by atoms with Gasteiger partial charge < -0.3 is 5.32 Å². The van der Waals surface area contributed by atoms with Gasteiger partial charge in [-0.1, -0.05) is 26.2 Å². The number of thioether (sulfide) groups is 1. The first-order chi connectivity index (χ1) is 8.81. The Morgan fingerprint density at radius 2 is 1.89 bits per heavy atom. The van der Waals surface area contributed by atoms with Gasteiger partial charge in [-0.05, 0) is 55.7 Å². The third kappa shape index (κ3) is 3.94. The lowest BCUT2D eigenvalue weighted by Gasteiger charge is -2.18. The van der Waals surface area contributed by atoms with Crippen molar-refractivity contribution in [2.75, 3.05) is 11.6 Å². The third-order valence-corrected chi connectivity index (χ3v) is 4.87. The molecule has 0 bridgehead atoms. The van der Waals surface area contributed by atoms with Gasteiger partial charge in [-0.2, -0.15) is 0 Å². The van der Waals surface area contributed by atoms with Gasteiger partial charge in [0, 0.05) is 16.6 Å². The van der Waals surface area contributed by atoms with Crippen LogP contribution in [0.4, 0.5) is 5.69 Å². The largest absolute Gasteiger partial charge is 0.382 e. The van der Waals surface area contributed by atoms with Crippen LogP contribution in [0.25, 0.3) is 0 Å². The number of rotatable bonds is 4. The summed E-state index contributed by atoms with van der Waals surface area (Å²) in [5.74, 6) is 0.968. The van der Waals surface area contributed by atoms with E-state index in [0.29, 0.717) is 6.04 Å². The minimum Gasteiger partial charge on any atom is -0.382 e. The van der Waals surface area contributed by atoms with Crippen LogP contribution in [-0.2, 0) is 0 Å². The Kier molecular flexibility index (Phi) is 5.43. The molecule has 18 heavy (non-hydrogen) atoms. The van der Waals surface area contributed by atoms with Crippen molar-refractivity contribution in [2.45, 2.75) is 56.4 Å². The first kappa shape index (κ1) is 13.8. The van der Waals surface area contributed by atoms with Crippen molar-refractivity contribution in [1.82, 2.24) is 0 Å². The average Bonchev–Trinajstić information content (AvgIpc) is 2.65. The maximum absolute atomic E-state index is 3.71. The number of hydrogen-bond acceptors (Lipinski definition) is 2. The lowest BCUT2D eigenvalue weighted by Crippen LogP contribution is -2.18. The van der Waals surface area contributed by atoms with Crippen LogP contribution in [-0.4, -0.2) is 12.3 Å². The van der Waals surface area contributed by atoms with Crippen LogP contribution >= 0.6 is 11.8 Å². The zero-order valence-corrected chi connectivity index (χ0v) is 12.4. The normalized spacial score (nSPS) is 24.6. The molecule has 1 aliphatic rings. The molecule has 0 heterocycles. The van der Waals surface area contributed by atoms with Crippen molar-refractivity contribution >= 4 is 17.4 Å². The van der Waals surface area contributed by atoms with E-state index < -0.39 is 0 Å². The summed E-state index contributed by atoms with van der Waals surface area (Å²) in [7, 11) is 0. The van der Waals surface area contributed by atoms with Crippen molar-refractivity contribution in [1.29, 1.82) is 0 Å². The molecule has 0 aromatic heterocycles. The van der Waals surface area contributed by atoms with E-state index in [1.807, 2.05) is 0 Å². The van der Waals surface area contributed by atoms with Gasteiger partial charge in [0.15, 0.2) is 0 Å². The summed E-state index contributed by atoms with van der Waals surface area (Å²) in [5, 5.41) is 3.71. The van der Waals surface area contributed by atoms with Gasteiger partial charge in [-0.15, -0.1) is 11.8 Å². The maximum atomic E-state index is 3.71. The molecule has 0 amide bonds. The second-order valence-electron chi connectivity index (χ2n) is 5.35. The van der Waals surface area contributed by atoms with Crippen molar-refractivity contribution < 1.29 is 0 Å². The molecule has 100 valence electrons. The Morgan fingerprint density at radius 1 is 1.11 bits per heavy atom. The first-order valence-corrected chi connectivity index (χ1v) is 8.45. The Labute approximate surface area is 116 Å². The Bertz CT molecular complexity index is 347. The summed E-state index contributed by atoms with van der Waals surface area (Å²) >= 11 is 1.80. The van der Waals surface area contributed by atoms with Crippen LogP contribution < -0.4 is 5.32 Å². The fraction of sp³-hybridized carbons (Fsp3) is 0.625. The summed E-state index contributed by atoms with van der Waals surface area (Å²) in [6.45, 7) is 2.33. The van der Waals surface area contributed by atoms with Gasteiger partial charge in [-0.3, -0.25) is 0 Å². The lowest BCUT2D eigenvalue weighted by molar-refractivity contribution is 0.444. The SMILES string of the molecule is CCC1CCCC(Nc2ccc(SC)cc2)CC1. The van der Waals surface area contributed by atoms with E-state index >= 15 is 0 Å². The third-order valence-electron chi connectivity index (χ3n) is 4.13. The van der Waals surface area contributed by atoms with Crippen LogP contribution in [0.3, 0.4) is 0 Å². The van der Waals surface area contributed by atoms with Crippen LogP contribution in [0.2, 0.25) is 0 Å². The molecule has 1 aromatic carbocycles. The second kappa shape index (κ2) is 7.08. The highest BCUT2D eigenvalue weighted by molar-refractivity contribution is 7.98. The molecule has 1 aliphatic carbocycles. The molecule has 2 atom stereocenters. The quantitative estimate of drug-likeness (QED) is 0.593. The van der Waals surface area contributed by atoms with Gasteiger partial charge in [0.25, 0.3) is 0 Å². The highest BCUT2D eigenvalue weighted by Crippen LogP contribution is 2.27. The number of benzene rings is 1. The second-order valence-corrected chi connectivity index (χ2v) is 6.23. The molecule has 0 saturated heterocycles. The highest BCUT2D eigenvalue weighted by Gasteiger charge is 2.17. The monoisotopic (exact) mass is 263 g/mol.